The molecule has 13 atom stereocenters. The Morgan fingerprint density at radius 3 is 2.35 bits per heavy atom. The maximum Gasteiger partial charge on any atom is 0.408 e. The maximum absolute atomic E-state index is 14.3. The highest BCUT2D eigenvalue weighted by molar-refractivity contribution is 7.90. The van der Waals surface area contributed by atoms with Crippen LogP contribution < -0.4 is 16.0 Å². The standard InChI is InChI=1S/C35H64N4O11S/c1-12-26-35(13-2)29(38-33(43)50-35)23(6)37-18-20(3)17-34(7,46-10)30(21(4)27(40)22(5)31(42)48-26)49-32-28(41)25(39(8)9)16-24(47-32)19-36-14-15-51(11,44)45/h20-26,28-30,32,36-37,41H,12-19H2,1-11H3,(H,38,43)/t20-,21+,22?,23-,24?,25?,26-,28?,29-,30-,32?,34-,35-/m1/s1. The van der Waals surface area contributed by atoms with Crippen LogP contribution >= 0.6 is 0 Å². The summed E-state index contributed by atoms with van der Waals surface area (Å²) in [5.74, 6) is -3.34. The number of aliphatic hydroxyl groups excluding tert-OH is 1. The Labute approximate surface area is 304 Å². The molecule has 1 amide bonds. The summed E-state index contributed by atoms with van der Waals surface area (Å²) in [5, 5.41) is 21.2. The van der Waals surface area contributed by atoms with E-state index in [1.54, 1.807) is 14.0 Å². The first kappa shape index (κ1) is 43.5. The van der Waals surface area contributed by atoms with Crippen molar-refractivity contribution in [3.8, 4) is 0 Å². The van der Waals surface area contributed by atoms with Crippen molar-refractivity contribution in [2.75, 3.05) is 52.8 Å². The summed E-state index contributed by atoms with van der Waals surface area (Å²) in [5.41, 5.74) is -2.24. The van der Waals surface area contributed by atoms with Crippen molar-refractivity contribution in [2.45, 2.75) is 134 Å². The van der Waals surface area contributed by atoms with E-state index in [2.05, 4.69) is 16.0 Å². The van der Waals surface area contributed by atoms with Crippen molar-refractivity contribution in [3.05, 3.63) is 0 Å². The lowest BCUT2D eigenvalue weighted by Gasteiger charge is -2.47. The zero-order chi connectivity index (χ0) is 38.5. The van der Waals surface area contributed by atoms with Crippen LogP contribution in [0.4, 0.5) is 4.79 Å². The fraction of sp³-hybridized carbons (Fsp3) is 0.914. The Morgan fingerprint density at radius 1 is 1.12 bits per heavy atom. The topological polar surface area (TPSA) is 191 Å². The second-order valence-corrected chi connectivity index (χ2v) is 17.6. The summed E-state index contributed by atoms with van der Waals surface area (Å²) >= 11 is 0. The zero-order valence-electron chi connectivity index (χ0n) is 32.4. The van der Waals surface area contributed by atoms with Gasteiger partial charge in [0, 0.05) is 44.5 Å². The number of esters is 1. The van der Waals surface area contributed by atoms with E-state index in [9.17, 15) is 27.9 Å². The third-order valence-corrected chi connectivity index (χ3v) is 12.0. The molecule has 0 aromatic rings. The number of ether oxygens (including phenoxy) is 5. The number of hydrogen-bond donors (Lipinski definition) is 4. The van der Waals surface area contributed by atoms with Crippen molar-refractivity contribution in [3.63, 3.8) is 0 Å². The van der Waals surface area contributed by atoms with Gasteiger partial charge in [0.1, 0.15) is 28.0 Å². The van der Waals surface area contributed by atoms with Gasteiger partial charge < -0.3 is 49.6 Å². The molecule has 0 aliphatic carbocycles. The van der Waals surface area contributed by atoms with Crippen LogP contribution in [0.1, 0.15) is 74.1 Å². The highest BCUT2D eigenvalue weighted by Crippen LogP contribution is 2.39. The molecule has 3 aliphatic heterocycles. The van der Waals surface area contributed by atoms with Crippen LogP contribution in [0.15, 0.2) is 0 Å². The predicted molar refractivity (Wildman–Crippen MR) is 191 cm³/mol. The minimum atomic E-state index is -3.15. The molecule has 15 nitrogen and oxygen atoms in total. The summed E-state index contributed by atoms with van der Waals surface area (Å²) in [6.07, 6.45) is -2.29. The van der Waals surface area contributed by atoms with E-state index in [1.165, 1.54) is 13.2 Å². The first-order chi connectivity index (χ1) is 23.7. The van der Waals surface area contributed by atoms with Crippen LogP contribution in [-0.4, -0.2) is 149 Å². The zero-order valence-corrected chi connectivity index (χ0v) is 33.2. The van der Waals surface area contributed by atoms with E-state index in [4.69, 9.17) is 23.7 Å². The Balaban J connectivity index is 2.00. The SMILES string of the molecule is CC[C@H]1OC(=O)C(C)C(=O)[C@H](C)[C@@H](OC2OC(CNCCS(C)(=O)=O)CC(N(C)C)C2O)[C@](C)(OC)C[C@@H](C)CN[C@H](C)[C@H]2NC(=O)O[C@@]21CC. The number of carbonyl (C=O) groups excluding carboxylic acids is 3. The fourth-order valence-electron chi connectivity index (χ4n) is 8.00. The van der Waals surface area contributed by atoms with Crippen molar-refractivity contribution in [2.24, 2.45) is 17.8 Å². The van der Waals surface area contributed by atoms with Gasteiger partial charge in [-0.3, -0.25) is 9.59 Å². The van der Waals surface area contributed by atoms with Crippen LogP contribution in [0.25, 0.3) is 0 Å². The lowest BCUT2D eigenvalue weighted by Crippen LogP contribution is -2.61. The Bertz CT molecular complexity index is 1300. The molecule has 51 heavy (non-hydrogen) atoms. The summed E-state index contributed by atoms with van der Waals surface area (Å²) in [6, 6.07) is -1.15. The number of Topliss-reactive ketones (excluding diaryl/α,β-unsaturated/α-hetero) is 1. The Morgan fingerprint density at radius 2 is 1.78 bits per heavy atom. The van der Waals surface area contributed by atoms with E-state index in [-0.39, 0.29) is 30.3 Å². The highest BCUT2D eigenvalue weighted by atomic mass is 32.2. The van der Waals surface area contributed by atoms with Crippen LogP contribution in [0, 0.1) is 17.8 Å². The number of alkyl carbamates (subject to hydrolysis) is 1. The molecule has 5 unspecified atom stereocenters. The van der Waals surface area contributed by atoms with Gasteiger partial charge in [0.25, 0.3) is 0 Å². The molecule has 0 spiro atoms. The number of nitrogens with one attached hydrogen (secondary N) is 3. The van der Waals surface area contributed by atoms with Gasteiger partial charge in [0.15, 0.2) is 17.7 Å². The maximum atomic E-state index is 14.3. The molecule has 0 saturated carbocycles. The molecular formula is C35H64N4O11S. The number of fused-ring (bicyclic) bond motifs is 1. The number of cyclic esters (lactones) is 1. The van der Waals surface area contributed by atoms with Crippen molar-refractivity contribution >= 4 is 27.7 Å². The molecule has 4 N–H and O–H groups in total. The van der Waals surface area contributed by atoms with Crippen LogP contribution in [0.3, 0.4) is 0 Å². The monoisotopic (exact) mass is 748 g/mol. The van der Waals surface area contributed by atoms with Gasteiger partial charge in [-0.05, 0) is 73.0 Å². The molecule has 3 saturated heterocycles. The van der Waals surface area contributed by atoms with Gasteiger partial charge in [-0.15, -0.1) is 0 Å². The first-order valence-corrected chi connectivity index (χ1v) is 20.4. The number of hydrogen-bond acceptors (Lipinski definition) is 14. The summed E-state index contributed by atoms with van der Waals surface area (Å²) in [4.78, 5) is 42.6. The molecule has 3 rings (SSSR count). The lowest BCUT2D eigenvalue weighted by molar-refractivity contribution is -0.297. The van der Waals surface area contributed by atoms with Gasteiger partial charge in [0.2, 0.25) is 0 Å². The van der Waals surface area contributed by atoms with E-state index in [0.29, 0.717) is 38.8 Å². The molecular weight excluding hydrogens is 684 g/mol. The van der Waals surface area contributed by atoms with Crippen molar-refractivity contribution in [1.82, 2.24) is 20.9 Å². The van der Waals surface area contributed by atoms with Crippen molar-refractivity contribution in [1.29, 1.82) is 0 Å². The molecule has 16 heteroatoms. The number of carbonyl (C=O) groups is 3. The van der Waals surface area contributed by atoms with E-state index >= 15 is 0 Å². The largest absolute Gasteiger partial charge is 0.457 e. The molecule has 0 radical (unpaired) electrons. The Kier molecular flexibility index (Phi) is 15.3. The van der Waals surface area contributed by atoms with Crippen LogP contribution in [0.2, 0.25) is 0 Å². The summed E-state index contributed by atoms with van der Waals surface area (Å²) < 4.78 is 54.4. The van der Waals surface area contributed by atoms with Gasteiger partial charge in [-0.25, -0.2) is 13.2 Å². The van der Waals surface area contributed by atoms with E-state index in [1.807, 2.05) is 53.6 Å². The average molecular weight is 749 g/mol. The van der Waals surface area contributed by atoms with Crippen LogP contribution in [0.5, 0.6) is 0 Å². The van der Waals surface area contributed by atoms with Gasteiger partial charge >= 0.3 is 12.1 Å². The number of ketones is 1. The number of nitrogens with zero attached hydrogens (tertiary/aromatic N) is 1. The number of likely N-dealkylation sites (N-methyl/N-ethyl adjacent to an activating group) is 1. The minimum absolute atomic E-state index is 0.0271. The third kappa shape index (κ3) is 10.4. The third-order valence-electron chi connectivity index (χ3n) is 11.1. The smallest absolute Gasteiger partial charge is 0.408 e. The predicted octanol–water partition coefficient (Wildman–Crippen LogP) is 1.26. The molecule has 3 heterocycles. The number of sulfone groups is 1. The molecule has 0 bridgehead atoms. The second-order valence-electron chi connectivity index (χ2n) is 15.4. The quantitative estimate of drug-likeness (QED) is 0.134. The molecule has 3 aliphatic rings. The number of aliphatic hydroxyl groups is 1. The fourth-order valence-corrected chi connectivity index (χ4v) is 8.51. The first-order valence-electron chi connectivity index (χ1n) is 18.3. The molecule has 0 aromatic carbocycles. The lowest BCUT2D eigenvalue weighted by atomic mass is 9.78. The minimum Gasteiger partial charge on any atom is -0.457 e. The summed E-state index contributed by atoms with van der Waals surface area (Å²) in [7, 11) is 2.09. The van der Waals surface area contributed by atoms with E-state index < -0.39 is 87.5 Å². The molecule has 296 valence electrons. The number of methoxy groups -OCH3 is 1. The highest BCUT2D eigenvalue weighted by Gasteiger charge is 2.57. The number of rotatable bonds is 11. The van der Waals surface area contributed by atoms with Gasteiger partial charge in [-0.2, -0.15) is 0 Å². The molecule has 3 fully saturated rings. The second kappa shape index (κ2) is 17.9. The van der Waals surface area contributed by atoms with E-state index in [0.717, 1.165) is 0 Å². The average Bonchev–Trinajstić information content (AvgIpc) is 3.42. The normalized spacial score (nSPS) is 40.5. The number of amides is 1. The Hall–Kier alpha value is -1.92. The van der Waals surface area contributed by atoms with Crippen molar-refractivity contribution < 1.29 is 51.6 Å². The van der Waals surface area contributed by atoms with Crippen LogP contribution in [-0.2, 0) is 43.1 Å². The van der Waals surface area contributed by atoms with Gasteiger partial charge in [-0.1, -0.05) is 27.7 Å². The summed E-state index contributed by atoms with van der Waals surface area (Å²) in [6.45, 7) is 13.8. The molecule has 0 aromatic heterocycles. The van der Waals surface area contributed by atoms with Gasteiger partial charge in [0.05, 0.1) is 29.6 Å².